The van der Waals surface area contributed by atoms with Crippen molar-refractivity contribution in [3.8, 4) is 0 Å². The maximum absolute atomic E-state index is 14.4. The number of amides is 2. The quantitative estimate of drug-likeness (QED) is 0.502. The van der Waals surface area contributed by atoms with E-state index in [9.17, 15) is 22.8 Å². The molecular formula is C25H26F3N5O3. The fraction of sp³-hybridized carbons (Fsp3) is 0.400. The zero-order valence-corrected chi connectivity index (χ0v) is 19.8. The Morgan fingerprint density at radius 1 is 1.11 bits per heavy atom. The van der Waals surface area contributed by atoms with Crippen LogP contribution in [0.4, 0.5) is 13.2 Å². The molecule has 36 heavy (non-hydrogen) atoms. The van der Waals surface area contributed by atoms with Gasteiger partial charge >= 0.3 is 6.43 Å². The highest BCUT2D eigenvalue weighted by Gasteiger charge is 2.41. The van der Waals surface area contributed by atoms with Crippen molar-refractivity contribution < 1.29 is 27.2 Å². The lowest BCUT2D eigenvalue weighted by Crippen LogP contribution is -2.47. The molecule has 0 saturated carbocycles. The molecule has 4 rings (SSSR count). The number of halogens is 3. The predicted octanol–water partition coefficient (Wildman–Crippen LogP) is 3.91. The number of alkyl halides is 3. The molecule has 1 aliphatic heterocycles. The lowest BCUT2D eigenvalue weighted by Gasteiger charge is -2.26. The van der Waals surface area contributed by atoms with Crippen LogP contribution in [0.3, 0.4) is 0 Å². The van der Waals surface area contributed by atoms with E-state index in [-0.39, 0.29) is 24.8 Å². The van der Waals surface area contributed by atoms with Gasteiger partial charge in [-0.3, -0.25) is 14.6 Å². The van der Waals surface area contributed by atoms with E-state index >= 15 is 0 Å². The number of aromatic nitrogens is 3. The monoisotopic (exact) mass is 501 g/mol. The van der Waals surface area contributed by atoms with E-state index in [1.165, 1.54) is 0 Å². The zero-order valence-electron chi connectivity index (χ0n) is 19.8. The third-order valence-electron chi connectivity index (χ3n) is 6.04. The number of hydrogen-bond donors (Lipinski definition) is 1. The van der Waals surface area contributed by atoms with Crippen LogP contribution >= 0.6 is 0 Å². The van der Waals surface area contributed by atoms with E-state index < -0.39 is 48.8 Å². The summed E-state index contributed by atoms with van der Waals surface area (Å²) in [7, 11) is 0. The summed E-state index contributed by atoms with van der Waals surface area (Å²) < 4.78 is 44.5. The molecule has 2 amide bonds. The number of carbonyl (C=O) groups excluding carboxylic acids is 2. The van der Waals surface area contributed by atoms with Crippen LogP contribution in [0, 0.1) is 0 Å². The van der Waals surface area contributed by atoms with Gasteiger partial charge in [-0.05, 0) is 23.1 Å². The van der Waals surface area contributed by atoms with Crippen molar-refractivity contribution in [3.05, 3.63) is 77.3 Å². The first kappa shape index (κ1) is 25.3. The van der Waals surface area contributed by atoms with Crippen LogP contribution in [0.2, 0.25) is 0 Å². The number of nitrogens with zero attached hydrogens (tertiary/aromatic N) is 4. The molecular weight excluding hydrogens is 475 g/mol. The van der Waals surface area contributed by atoms with Gasteiger partial charge in [0.1, 0.15) is 18.6 Å². The summed E-state index contributed by atoms with van der Waals surface area (Å²) in [5.74, 6) is -2.17. The highest BCUT2D eigenvalue weighted by molar-refractivity contribution is 5.89. The van der Waals surface area contributed by atoms with Gasteiger partial charge < -0.3 is 14.6 Å². The van der Waals surface area contributed by atoms with Crippen molar-refractivity contribution in [1.29, 1.82) is 0 Å². The third kappa shape index (κ3) is 5.72. The van der Waals surface area contributed by atoms with Crippen LogP contribution in [0.1, 0.15) is 67.3 Å². The van der Waals surface area contributed by atoms with Crippen LogP contribution < -0.4 is 5.32 Å². The Kier molecular flexibility index (Phi) is 7.66. The minimum atomic E-state index is -2.97. The van der Waals surface area contributed by atoms with Crippen molar-refractivity contribution in [1.82, 2.24) is 25.4 Å². The number of carbonyl (C=O) groups is 2. The van der Waals surface area contributed by atoms with Gasteiger partial charge in [-0.2, -0.15) is 8.78 Å². The van der Waals surface area contributed by atoms with Gasteiger partial charge in [0, 0.05) is 12.6 Å². The van der Waals surface area contributed by atoms with E-state index in [1.807, 2.05) is 42.5 Å². The minimum absolute atomic E-state index is 0.190. The highest BCUT2D eigenvalue weighted by Crippen LogP contribution is 2.26. The standard InChI is InChI=1S/C25H26F3N5O3/c1-14(2)16-8-9-18(29-12-16)22(15-6-4-3-5-7-15)30-24(35)19-10-17(26)13-33(19)21(34)11-20-31-32-25(36-20)23(27)28/h3-9,12,14,17,19,22-23H,10-11,13H2,1-2H3,(H,30,35). The molecule has 3 aromatic rings. The lowest BCUT2D eigenvalue weighted by atomic mass is 10.00. The van der Waals surface area contributed by atoms with Gasteiger partial charge in [0.2, 0.25) is 17.7 Å². The summed E-state index contributed by atoms with van der Waals surface area (Å²) in [6.45, 7) is 3.80. The van der Waals surface area contributed by atoms with Crippen LogP contribution in [-0.4, -0.2) is 50.7 Å². The smallest absolute Gasteiger partial charge is 0.314 e. The Hall–Kier alpha value is -3.76. The van der Waals surface area contributed by atoms with Crippen molar-refractivity contribution in [2.45, 2.75) is 57.3 Å². The first-order chi connectivity index (χ1) is 17.2. The maximum atomic E-state index is 14.4. The minimum Gasteiger partial charge on any atom is -0.419 e. The molecule has 3 atom stereocenters. The van der Waals surface area contributed by atoms with Crippen molar-refractivity contribution >= 4 is 11.8 Å². The normalized spacial score (nSPS) is 18.6. The fourth-order valence-electron chi connectivity index (χ4n) is 4.11. The Bertz CT molecular complexity index is 1190. The molecule has 11 heteroatoms. The van der Waals surface area contributed by atoms with Crippen molar-refractivity contribution in [3.63, 3.8) is 0 Å². The number of hydrogen-bond acceptors (Lipinski definition) is 6. The summed E-state index contributed by atoms with van der Waals surface area (Å²) in [6, 6.07) is 11.3. The average Bonchev–Trinajstić information content (AvgIpc) is 3.50. The number of benzene rings is 1. The number of nitrogens with one attached hydrogen (secondary N) is 1. The summed E-state index contributed by atoms with van der Waals surface area (Å²) in [5, 5.41) is 9.54. The Balaban J connectivity index is 1.53. The molecule has 3 unspecified atom stereocenters. The molecule has 0 bridgehead atoms. The molecule has 1 aromatic carbocycles. The number of likely N-dealkylation sites (tertiary alicyclic amines) is 1. The second-order valence-electron chi connectivity index (χ2n) is 8.93. The molecule has 1 saturated heterocycles. The molecule has 8 nitrogen and oxygen atoms in total. The molecule has 3 heterocycles. The molecule has 0 aliphatic carbocycles. The van der Waals surface area contributed by atoms with Gasteiger partial charge in [0.15, 0.2) is 0 Å². The topological polar surface area (TPSA) is 101 Å². The molecule has 1 fully saturated rings. The summed E-state index contributed by atoms with van der Waals surface area (Å²) >= 11 is 0. The highest BCUT2D eigenvalue weighted by atomic mass is 19.3. The second-order valence-corrected chi connectivity index (χ2v) is 8.93. The first-order valence-corrected chi connectivity index (χ1v) is 11.6. The molecule has 1 aliphatic rings. The summed E-state index contributed by atoms with van der Waals surface area (Å²) in [6.07, 6.45) is -3.34. The Labute approximate surface area is 205 Å². The molecule has 190 valence electrons. The van der Waals surface area contributed by atoms with Gasteiger partial charge in [-0.15, -0.1) is 10.2 Å². The van der Waals surface area contributed by atoms with E-state index in [0.717, 1.165) is 16.0 Å². The van der Waals surface area contributed by atoms with Crippen molar-refractivity contribution in [2.75, 3.05) is 6.54 Å². The van der Waals surface area contributed by atoms with Crippen LogP contribution in [0.25, 0.3) is 0 Å². The predicted molar refractivity (Wildman–Crippen MR) is 123 cm³/mol. The third-order valence-corrected chi connectivity index (χ3v) is 6.04. The summed E-state index contributed by atoms with van der Waals surface area (Å²) in [5.41, 5.74) is 2.41. The molecule has 2 aromatic heterocycles. The first-order valence-electron chi connectivity index (χ1n) is 11.6. The molecule has 0 spiro atoms. The SMILES string of the molecule is CC(C)c1ccc(C(NC(=O)C2CC(F)CN2C(=O)Cc2nnc(C(F)F)o2)c2ccccc2)nc1. The average molecular weight is 502 g/mol. The second kappa shape index (κ2) is 10.9. The van der Waals surface area contributed by atoms with Gasteiger partial charge in [0.25, 0.3) is 5.89 Å². The Morgan fingerprint density at radius 2 is 1.86 bits per heavy atom. The number of pyridine rings is 1. The van der Waals surface area contributed by atoms with Crippen molar-refractivity contribution in [2.24, 2.45) is 0 Å². The van der Waals surface area contributed by atoms with E-state index in [1.54, 1.807) is 6.20 Å². The number of rotatable bonds is 8. The maximum Gasteiger partial charge on any atom is 0.314 e. The van der Waals surface area contributed by atoms with Gasteiger partial charge in [-0.25, -0.2) is 4.39 Å². The Morgan fingerprint density at radius 3 is 2.47 bits per heavy atom. The van der Waals surface area contributed by atoms with Crippen LogP contribution in [0.5, 0.6) is 0 Å². The summed E-state index contributed by atoms with van der Waals surface area (Å²) in [4.78, 5) is 31.8. The van der Waals surface area contributed by atoms with Gasteiger partial charge in [0.05, 0.1) is 18.3 Å². The largest absolute Gasteiger partial charge is 0.419 e. The van der Waals surface area contributed by atoms with E-state index in [0.29, 0.717) is 5.69 Å². The fourth-order valence-corrected chi connectivity index (χ4v) is 4.11. The zero-order chi connectivity index (χ0) is 25.8. The molecule has 0 radical (unpaired) electrons. The van der Waals surface area contributed by atoms with Crippen LogP contribution in [0.15, 0.2) is 53.1 Å². The van der Waals surface area contributed by atoms with E-state index in [2.05, 4.69) is 34.3 Å². The van der Waals surface area contributed by atoms with Gasteiger partial charge in [-0.1, -0.05) is 50.2 Å². The van der Waals surface area contributed by atoms with Crippen LogP contribution in [-0.2, 0) is 16.0 Å². The van der Waals surface area contributed by atoms with E-state index in [4.69, 9.17) is 4.42 Å². The molecule has 1 N–H and O–H groups in total. The lowest BCUT2D eigenvalue weighted by molar-refractivity contribution is -0.138.